The van der Waals surface area contributed by atoms with Gasteiger partial charge in [0.25, 0.3) is 0 Å². The van der Waals surface area contributed by atoms with E-state index >= 15 is 0 Å². The summed E-state index contributed by atoms with van der Waals surface area (Å²) in [6.45, 7) is 0. The molecule has 0 spiro atoms. The van der Waals surface area contributed by atoms with Gasteiger partial charge in [0.2, 0.25) is 5.91 Å². The van der Waals surface area contributed by atoms with Crippen LogP contribution in [0.5, 0.6) is 11.5 Å². The number of phenols is 2. The second-order valence-corrected chi connectivity index (χ2v) is 10.7. The summed E-state index contributed by atoms with van der Waals surface area (Å²) in [6, 6.07) is 20.7. The Morgan fingerprint density at radius 1 is 0.771 bits per heavy atom. The van der Waals surface area contributed by atoms with Crippen LogP contribution in [0.2, 0.25) is 0 Å². The molecule has 0 aliphatic heterocycles. The smallest absolute Gasteiger partial charge is 0.248 e. The number of hydrogen-bond donors (Lipinski definition) is 3. The van der Waals surface area contributed by atoms with Crippen molar-refractivity contribution in [3.63, 3.8) is 0 Å². The molecule has 4 fully saturated rings. The van der Waals surface area contributed by atoms with Crippen molar-refractivity contribution in [2.24, 2.45) is 23.7 Å². The molecule has 0 unspecified atom stereocenters. The molecule has 1 amide bonds. The Morgan fingerprint density at radius 3 is 2.06 bits per heavy atom. The fraction of sp³-hybridized carbons (Fsp3) is 0.323. The van der Waals surface area contributed by atoms with E-state index in [-0.39, 0.29) is 11.7 Å². The first kappa shape index (κ1) is 22.0. The number of amides is 1. The summed E-state index contributed by atoms with van der Waals surface area (Å²) >= 11 is 0. The van der Waals surface area contributed by atoms with Gasteiger partial charge in [0, 0.05) is 11.8 Å². The Labute approximate surface area is 206 Å². The molecule has 178 valence electrons. The van der Waals surface area contributed by atoms with Gasteiger partial charge >= 0.3 is 0 Å². The number of hydrogen-bond acceptors (Lipinski definition) is 3. The van der Waals surface area contributed by atoms with E-state index in [2.05, 4.69) is 23.5 Å². The summed E-state index contributed by atoms with van der Waals surface area (Å²) in [7, 11) is 0. The Morgan fingerprint density at radius 2 is 1.40 bits per heavy atom. The highest BCUT2D eigenvalue weighted by Gasteiger charge is 2.49. The first-order chi connectivity index (χ1) is 17.0. The quantitative estimate of drug-likeness (QED) is 0.282. The van der Waals surface area contributed by atoms with E-state index in [1.165, 1.54) is 50.3 Å². The van der Waals surface area contributed by atoms with Gasteiger partial charge in [-0.3, -0.25) is 4.79 Å². The largest absolute Gasteiger partial charge is 0.508 e. The van der Waals surface area contributed by atoms with Crippen LogP contribution in [0, 0.1) is 23.7 Å². The van der Waals surface area contributed by atoms with E-state index in [0.29, 0.717) is 17.4 Å². The van der Waals surface area contributed by atoms with Crippen molar-refractivity contribution in [1.29, 1.82) is 0 Å². The van der Waals surface area contributed by atoms with Gasteiger partial charge in [0.1, 0.15) is 11.5 Å². The van der Waals surface area contributed by atoms with Crippen LogP contribution >= 0.6 is 0 Å². The standard InChI is InChI=1S/C31H31NO3/c33-27-9-7-26(8-10-27)32-30(35)12-3-19-1-4-22(5-2-19)23-6-11-29(34)28(18-23)31-24-14-20-13-21(16-24)17-25(31)15-20/h1-12,18,20-21,24-25,31,33-34H,13-17H2,(H,32,35). The molecule has 4 nitrogen and oxygen atoms in total. The first-order valence-corrected chi connectivity index (χ1v) is 12.7. The summed E-state index contributed by atoms with van der Waals surface area (Å²) in [6.07, 6.45) is 10.1. The Hall–Kier alpha value is -3.53. The summed E-state index contributed by atoms with van der Waals surface area (Å²) < 4.78 is 0. The van der Waals surface area contributed by atoms with Crippen molar-refractivity contribution in [1.82, 2.24) is 0 Å². The van der Waals surface area contributed by atoms with Crippen molar-refractivity contribution in [3.05, 3.63) is 83.9 Å². The predicted octanol–water partition coefficient (Wildman–Crippen LogP) is 6.96. The summed E-state index contributed by atoms with van der Waals surface area (Å²) in [5.74, 6) is 4.18. The van der Waals surface area contributed by atoms with E-state index < -0.39 is 0 Å². The summed E-state index contributed by atoms with van der Waals surface area (Å²) in [5.41, 5.74) is 4.96. The van der Waals surface area contributed by atoms with Crippen LogP contribution in [0.1, 0.15) is 49.1 Å². The highest BCUT2D eigenvalue weighted by atomic mass is 16.3. The number of benzene rings is 3. The second-order valence-electron chi connectivity index (χ2n) is 10.7. The molecule has 7 rings (SSSR count). The third-order valence-electron chi connectivity index (χ3n) is 8.42. The molecule has 0 saturated heterocycles. The summed E-state index contributed by atoms with van der Waals surface area (Å²) in [4.78, 5) is 12.2. The SMILES string of the molecule is O=C(C=Cc1ccc(-c2ccc(O)c(C3C4CC5CC(C4)CC3C5)c2)cc1)Nc1ccc(O)cc1. The normalized spacial score (nSPS) is 26.8. The zero-order valence-electron chi connectivity index (χ0n) is 19.7. The lowest BCUT2D eigenvalue weighted by Gasteiger charge is -2.54. The van der Waals surface area contributed by atoms with Gasteiger partial charge in [0.05, 0.1) is 0 Å². The molecular weight excluding hydrogens is 434 g/mol. The molecule has 4 aliphatic rings. The van der Waals surface area contributed by atoms with Crippen LogP contribution in [0.3, 0.4) is 0 Å². The molecule has 4 bridgehead atoms. The van der Waals surface area contributed by atoms with E-state index in [0.717, 1.165) is 45.9 Å². The van der Waals surface area contributed by atoms with Gasteiger partial charge in [-0.2, -0.15) is 0 Å². The molecule has 0 atom stereocenters. The molecule has 0 heterocycles. The minimum absolute atomic E-state index is 0.164. The van der Waals surface area contributed by atoms with Gasteiger partial charge in [-0.1, -0.05) is 30.3 Å². The van der Waals surface area contributed by atoms with Crippen LogP contribution in [0.25, 0.3) is 17.2 Å². The van der Waals surface area contributed by atoms with Crippen LogP contribution in [-0.2, 0) is 4.79 Å². The maximum atomic E-state index is 12.2. The van der Waals surface area contributed by atoms with Crippen molar-refractivity contribution in [2.45, 2.75) is 38.0 Å². The molecule has 3 aromatic carbocycles. The lowest BCUT2D eigenvalue weighted by Crippen LogP contribution is -2.43. The number of nitrogens with one attached hydrogen (secondary N) is 1. The van der Waals surface area contributed by atoms with Gasteiger partial charge in [-0.25, -0.2) is 0 Å². The van der Waals surface area contributed by atoms with Gasteiger partial charge in [-0.05, 0) is 126 Å². The van der Waals surface area contributed by atoms with Crippen LogP contribution in [0.4, 0.5) is 5.69 Å². The lowest BCUT2D eigenvalue weighted by atomic mass is 9.50. The number of carbonyl (C=O) groups excluding carboxylic acids is 1. The third-order valence-corrected chi connectivity index (χ3v) is 8.42. The maximum Gasteiger partial charge on any atom is 0.248 e. The number of carbonyl (C=O) groups is 1. The molecular formula is C31H31NO3. The van der Waals surface area contributed by atoms with E-state index in [4.69, 9.17) is 0 Å². The zero-order valence-corrected chi connectivity index (χ0v) is 19.7. The van der Waals surface area contributed by atoms with Crippen molar-refractivity contribution >= 4 is 17.7 Å². The second kappa shape index (κ2) is 8.92. The summed E-state index contributed by atoms with van der Waals surface area (Å²) in [5, 5.41) is 22.9. The average molecular weight is 466 g/mol. The zero-order chi connectivity index (χ0) is 23.9. The molecule has 3 aromatic rings. The minimum atomic E-state index is -0.224. The third kappa shape index (κ3) is 4.45. The number of anilines is 1. The average Bonchev–Trinajstić information content (AvgIpc) is 2.85. The number of phenolic OH excluding ortho intramolecular Hbond substituents is 2. The van der Waals surface area contributed by atoms with E-state index in [1.54, 1.807) is 18.2 Å². The fourth-order valence-electron chi connectivity index (χ4n) is 7.12. The Balaban J connectivity index is 1.17. The maximum absolute atomic E-state index is 12.2. The van der Waals surface area contributed by atoms with Crippen LogP contribution in [0.15, 0.2) is 72.8 Å². The molecule has 0 aromatic heterocycles. The topological polar surface area (TPSA) is 69.6 Å². The van der Waals surface area contributed by atoms with Crippen molar-refractivity contribution in [2.75, 3.05) is 5.32 Å². The highest BCUT2D eigenvalue weighted by molar-refractivity contribution is 6.01. The fourth-order valence-corrected chi connectivity index (χ4v) is 7.12. The predicted molar refractivity (Wildman–Crippen MR) is 139 cm³/mol. The molecule has 0 radical (unpaired) electrons. The minimum Gasteiger partial charge on any atom is -0.508 e. The molecule has 4 saturated carbocycles. The molecule has 3 N–H and O–H groups in total. The van der Waals surface area contributed by atoms with Crippen molar-refractivity contribution in [3.8, 4) is 22.6 Å². The number of aromatic hydroxyl groups is 2. The monoisotopic (exact) mass is 465 g/mol. The van der Waals surface area contributed by atoms with Crippen LogP contribution in [-0.4, -0.2) is 16.1 Å². The van der Waals surface area contributed by atoms with Gasteiger partial charge in [-0.15, -0.1) is 0 Å². The molecule has 4 heteroatoms. The van der Waals surface area contributed by atoms with E-state index in [1.807, 2.05) is 24.3 Å². The van der Waals surface area contributed by atoms with Crippen LogP contribution < -0.4 is 5.32 Å². The Kier molecular flexibility index (Phi) is 5.60. The lowest BCUT2D eigenvalue weighted by molar-refractivity contribution is -0.111. The van der Waals surface area contributed by atoms with E-state index in [9.17, 15) is 15.0 Å². The number of rotatable bonds is 5. The van der Waals surface area contributed by atoms with Crippen molar-refractivity contribution < 1.29 is 15.0 Å². The molecule has 35 heavy (non-hydrogen) atoms. The highest BCUT2D eigenvalue weighted by Crippen LogP contribution is 2.60. The Bertz CT molecular complexity index is 1230. The van der Waals surface area contributed by atoms with Gasteiger partial charge in [0.15, 0.2) is 0 Å². The first-order valence-electron chi connectivity index (χ1n) is 12.7. The molecule has 4 aliphatic carbocycles. The van der Waals surface area contributed by atoms with Gasteiger partial charge < -0.3 is 15.5 Å².